The smallest absolute Gasteiger partial charge is 0.331 e. The maximum Gasteiger partial charge on any atom is 0.331 e. The Kier molecular flexibility index (Phi) is 6.21. The van der Waals surface area contributed by atoms with Gasteiger partial charge in [-0.1, -0.05) is 23.7 Å². The van der Waals surface area contributed by atoms with Gasteiger partial charge in [0.1, 0.15) is 12.4 Å². The molecule has 3 rings (SSSR count). The zero-order chi connectivity index (χ0) is 19.2. The molecule has 0 saturated carbocycles. The molecule has 1 heterocycles. The highest BCUT2D eigenvalue weighted by Gasteiger charge is 2.17. The van der Waals surface area contributed by atoms with Crippen LogP contribution in [0, 0.1) is 0 Å². The summed E-state index contributed by atoms with van der Waals surface area (Å²) < 4.78 is 26.6. The van der Waals surface area contributed by atoms with Crippen molar-refractivity contribution in [1.82, 2.24) is 0 Å². The van der Waals surface area contributed by atoms with E-state index in [9.17, 15) is 4.79 Å². The summed E-state index contributed by atoms with van der Waals surface area (Å²) >= 11 is 6.11. The van der Waals surface area contributed by atoms with Gasteiger partial charge in [-0.3, -0.25) is 0 Å². The first-order valence-electron chi connectivity index (χ1n) is 8.20. The standard InChI is InChI=1S/C20H19ClO6/c1-23-17-5-3-4-13(20(17)24-2)6-7-18(22)26-11-15-9-16(21)8-14-10-25-12-27-19(14)15/h3-9H,10-12H2,1-2H3/b7-6+. The predicted molar refractivity (Wildman–Crippen MR) is 100 cm³/mol. The quantitative estimate of drug-likeness (QED) is 0.549. The van der Waals surface area contributed by atoms with Crippen molar-refractivity contribution in [3.05, 3.63) is 58.1 Å². The summed E-state index contributed by atoms with van der Waals surface area (Å²) in [6, 6.07) is 8.89. The second-order valence-electron chi connectivity index (χ2n) is 5.69. The Morgan fingerprint density at radius 3 is 2.89 bits per heavy atom. The number of rotatable bonds is 6. The number of hydrogen-bond donors (Lipinski definition) is 0. The van der Waals surface area contributed by atoms with Gasteiger partial charge in [-0.25, -0.2) is 4.79 Å². The summed E-state index contributed by atoms with van der Waals surface area (Å²) in [5.74, 6) is 1.27. The van der Waals surface area contributed by atoms with Crippen LogP contribution in [0.2, 0.25) is 5.02 Å². The molecule has 7 heteroatoms. The van der Waals surface area contributed by atoms with Gasteiger partial charge >= 0.3 is 5.97 Å². The molecule has 1 aliphatic rings. The fourth-order valence-corrected chi connectivity index (χ4v) is 3.03. The molecule has 2 aromatic rings. The maximum atomic E-state index is 12.1. The van der Waals surface area contributed by atoms with E-state index in [0.29, 0.717) is 40.0 Å². The Balaban J connectivity index is 1.69. The highest BCUT2D eigenvalue weighted by molar-refractivity contribution is 6.30. The van der Waals surface area contributed by atoms with Crippen LogP contribution in [-0.4, -0.2) is 27.0 Å². The van der Waals surface area contributed by atoms with E-state index in [-0.39, 0.29) is 13.4 Å². The molecule has 0 aromatic heterocycles. The summed E-state index contributed by atoms with van der Waals surface area (Å²) in [5, 5.41) is 0.533. The molecule has 0 atom stereocenters. The number of fused-ring (bicyclic) bond motifs is 1. The van der Waals surface area contributed by atoms with Crippen LogP contribution in [-0.2, 0) is 27.5 Å². The van der Waals surface area contributed by atoms with Crippen molar-refractivity contribution in [2.75, 3.05) is 21.0 Å². The number of hydrogen-bond acceptors (Lipinski definition) is 6. The van der Waals surface area contributed by atoms with Crippen molar-refractivity contribution in [2.24, 2.45) is 0 Å². The lowest BCUT2D eigenvalue weighted by Crippen LogP contribution is -2.14. The first-order chi connectivity index (χ1) is 13.1. The second kappa shape index (κ2) is 8.79. The fraction of sp³-hybridized carbons (Fsp3) is 0.250. The first kappa shape index (κ1) is 19.1. The van der Waals surface area contributed by atoms with Gasteiger partial charge < -0.3 is 23.7 Å². The van der Waals surface area contributed by atoms with Crippen LogP contribution in [0.5, 0.6) is 17.2 Å². The number of para-hydroxylation sites is 1. The molecule has 6 nitrogen and oxygen atoms in total. The van der Waals surface area contributed by atoms with Gasteiger partial charge in [-0.05, 0) is 24.3 Å². The number of halogens is 1. The predicted octanol–water partition coefficient (Wildman–Crippen LogP) is 3.98. The lowest BCUT2D eigenvalue weighted by Gasteiger charge is -2.20. The molecule has 142 valence electrons. The van der Waals surface area contributed by atoms with E-state index >= 15 is 0 Å². The van der Waals surface area contributed by atoms with Crippen LogP contribution >= 0.6 is 11.6 Å². The van der Waals surface area contributed by atoms with Crippen LogP contribution in [0.25, 0.3) is 6.08 Å². The Labute approximate surface area is 162 Å². The molecule has 2 aromatic carbocycles. The van der Waals surface area contributed by atoms with E-state index in [1.54, 1.807) is 38.5 Å². The Morgan fingerprint density at radius 2 is 2.11 bits per heavy atom. The molecular formula is C20H19ClO6. The Bertz CT molecular complexity index is 862. The topological polar surface area (TPSA) is 63.2 Å². The SMILES string of the molecule is COc1cccc(/C=C/C(=O)OCc2cc(Cl)cc3c2OCOC3)c1OC. The summed E-state index contributed by atoms with van der Waals surface area (Å²) in [7, 11) is 3.10. The number of ether oxygens (including phenoxy) is 5. The molecule has 0 aliphatic carbocycles. The van der Waals surface area contributed by atoms with Gasteiger partial charge in [0.25, 0.3) is 0 Å². The van der Waals surface area contributed by atoms with Crippen LogP contribution < -0.4 is 14.2 Å². The lowest BCUT2D eigenvalue weighted by molar-refractivity contribution is -0.139. The van der Waals surface area contributed by atoms with Gasteiger partial charge in [0.15, 0.2) is 18.3 Å². The molecular weight excluding hydrogens is 372 g/mol. The van der Waals surface area contributed by atoms with Crippen molar-refractivity contribution in [1.29, 1.82) is 0 Å². The minimum absolute atomic E-state index is 0.0430. The third-order valence-corrected chi connectivity index (χ3v) is 4.17. The van der Waals surface area contributed by atoms with Crippen LogP contribution in [0.1, 0.15) is 16.7 Å². The van der Waals surface area contributed by atoms with Crippen molar-refractivity contribution in [3.63, 3.8) is 0 Å². The van der Waals surface area contributed by atoms with Gasteiger partial charge in [0.2, 0.25) is 0 Å². The third kappa shape index (κ3) is 4.53. The molecule has 0 unspecified atom stereocenters. The summed E-state index contributed by atoms with van der Waals surface area (Å²) in [6.45, 7) is 0.610. The summed E-state index contributed by atoms with van der Waals surface area (Å²) in [4.78, 5) is 12.1. The number of esters is 1. The van der Waals surface area contributed by atoms with E-state index in [1.807, 2.05) is 12.1 Å². The van der Waals surface area contributed by atoms with Gasteiger partial charge in [-0.2, -0.15) is 0 Å². The Hall–Kier alpha value is -2.70. The molecule has 0 saturated heterocycles. The van der Waals surface area contributed by atoms with Crippen molar-refractivity contribution >= 4 is 23.6 Å². The molecule has 0 radical (unpaired) electrons. The molecule has 1 aliphatic heterocycles. The van der Waals surface area contributed by atoms with Gasteiger partial charge in [-0.15, -0.1) is 0 Å². The van der Waals surface area contributed by atoms with E-state index < -0.39 is 5.97 Å². The molecule has 0 spiro atoms. The third-order valence-electron chi connectivity index (χ3n) is 3.95. The monoisotopic (exact) mass is 390 g/mol. The number of carbonyl (C=O) groups excluding carboxylic acids is 1. The molecule has 0 fully saturated rings. The minimum atomic E-state index is -0.499. The van der Waals surface area contributed by atoms with Crippen molar-refractivity contribution in [2.45, 2.75) is 13.2 Å². The summed E-state index contributed by atoms with van der Waals surface area (Å²) in [6.07, 6.45) is 2.94. The average Bonchev–Trinajstić information content (AvgIpc) is 2.69. The average molecular weight is 391 g/mol. The van der Waals surface area contributed by atoms with Gasteiger partial charge in [0, 0.05) is 27.8 Å². The first-order valence-corrected chi connectivity index (χ1v) is 8.58. The molecule has 0 amide bonds. The van der Waals surface area contributed by atoms with Crippen LogP contribution in [0.4, 0.5) is 0 Å². The van der Waals surface area contributed by atoms with Crippen molar-refractivity contribution in [3.8, 4) is 17.2 Å². The minimum Gasteiger partial charge on any atom is -0.493 e. The highest BCUT2D eigenvalue weighted by atomic mass is 35.5. The molecule has 27 heavy (non-hydrogen) atoms. The van der Waals surface area contributed by atoms with Gasteiger partial charge in [0.05, 0.1) is 20.8 Å². The van der Waals surface area contributed by atoms with E-state index in [2.05, 4.69) is 0 Å². The largest absolute Gasteiger partial charge is 0.493 e. The molecule has 0 bridgehead atoms. The molecule has 0 N–H and O–H groups in total. The fourth-order valence-electron chi connectivity index (χ4n) is 2.76. The van der Waals surface area contributed by atoms with Crippen LogP contribution in [0.3, 0.4) is 0 Å². The Morgan fingerprint density at radius 1 is 1.26 bits per heavy atom. The maximum absolute atomic E-state index is 12.1. The summed E-state index contributed by atoms with van der Waals surface area (Å²) in [5.41, 5.74) is 2.23. The van der Waals surface area contributed by atoms with E-state index in [4.69, 9.17) is 35.3 Å². The lowest BCUT2D eigenvalue weighted by atomic mass is 10.1. The van der Waals surface area contributed by atoms with E-state index in [1.165, 1.54) is 6.08 Å². The number of carbonyl (C=O) groups is 1. The number of benzene rings is 2. The normalized spacial score (nSPS) is 13.0. The van der Waals surface area contributed by atoms with Crippen molar-refractivity contribution < 1.29 is 28.5 Å². The second-order valence-corrected chi connectivity index (χ2v) is 6.12. The zero-order valence-electron chi connectivity index (χ0n) is 15.0. The zero-order valence-corrected chi connectivity index (χ0v) is 15.7. The van der Waals surface area contributed by atoms with Crippen LogP contribution in [0.15, 0.2) is 36.4 Å². The van der Waals surface area contributed by atoms with E-state index in [0.717, 1.165) is 5.56 Å². The highest BCUT2D eigenvalue weighted by Crippen LogP contribution is 2.33. The number of methoxy groups -OCH3 is 2.